The summed E-state index contributed by atoms with van der Waals surface area (Å²) in [6, 6.07) is 39.0. The van der Waals surface area contributed by atoms with Crippen LogP contribution < -0.4 is 38.6 Å². The van der Waals surface area contributed by atoms with Crippen molar-refractivity contribution in [2.24, 2.45) is 23.5 Å². The number of benzene rings is 7. The van der Waals surface area contributed by atoms with Gasteiger partial charge in [-0.25, -0.2) is 8.78 Å². The summed E-state index contributed by atoms with van der Waals surface area (Å²) in [6.45, 7) is 40.3. The maximum atomic E-state index is 15.2. The standard InChI is InChI=1S/C23H20FN3O2S.2C17H25BO2.C13H26B2O4.C13H8BrFN2O2S.C11H13Br.C10H9BrO.ClH/c24-18-9-17-19(27(15-5-6-15)23-20(21(17)28)22(29)26-30-23)10-16(18)13-2-1-12-8-14(25)4-3-11(12)7-13;2*1-12-6-7-14-11-15(9-8-13(14)10-12)18-19-16(2,3)17(4,5)20-18;1-10(2)11(3,4)17-14(16-10)9-15-18-12(5,6)13(7,8)19-15;14-7-4-9-6(3-8(7)15)11(18)10-12(19)16-20-13(10)17(9)5-1-2-5;1-8-2-3-10-7-11(12)5-4-9(10)6-8;11-9-3-1-8-6-10(12)4-2-7(8)5-9;/h1-2,7,9-10,14-15H,3-6,8,25H2,(H,26,29);2*8-9,11-12H,6-7,10H2,1-5H3;9H2,1-8H3;3-5H,1-2H2,(H,16,19);4-5,7-8H,2-3,6H2,1H3;1,3,5H,2,4,6H2;1H. The number of carbonyl (C=O) groups excluding carboxylic acids is 1. The molecule has 4 N–H and O–H groups in total. The number of aromatic amines is 2. The zero-order valence-electron chi connectivity index (χ0n) is 80.8. The Morgan fingerprint density at radius 2 is 0.761 bits per heavy atom. The van der Waals surface area contributed by atoms with Gasteiger partial charge in [-0.2, -0.15) is 0 Å². The van der Waals surface area contributed by atoms with Crippen LogP contribution in [-0.4, -0.2) is 103 Å². The van der Waals surface area contributed by atoms with Crippen LogP contribution in [0.1, 0.15) is 257 Å². The molecule has 0 bridgehead atoms. The number of halogens is 6. The molecule has 0 spiro atoms. The molecule has 22 rings (SSSR count). The zero-order chi connectivity index (χ0) is 95.5. The molecule has 4 aromatic heterocycles. The number of hydrogen-bond acceptors (Lipinski definition) is 16. The molecule has 4 aliphatic heterocycles. The fraction of sp³-hybridized carbons (Fsp3) is 0.510. The molecule has 6 fully saturated rings. The molecule has 2 saturated carbocycles. The molecule has 4 saturated heterocycles. The second-order valence-electron chi connectivity index (χ2n) is 42.8. The molecule has 11 aliphatic rings. The zero-order valence-corrected chi connectivity index (χ0v) is 88.0. The predicted octanol–water partition coefficient (Wildman–Crippen LogP) is 22.4. The van der Waals surface area contributed by atoms with Crippen LogP contribution in [0.15, 0.2) is 148 Å². The van der Waals surface area contributed by atoms with E-state index in [9.17, 15) is 28.4 Å². The quantitative estimate of drug-likeness (QED) is 0.126. The first kappa shape index (κ1) is 102. The average Bonchev–Trinajstić information content (AvgIpc) is 1.59. The molecule has 7 aliphatic carbocycles. The minimum atomic E-state index is -0.497. The monoisotopic (exact) mass is 2070 g/mol. The number of rotatable bonds is 7. The Morgan fingerprint density at radius 1 is 0.403 bits per heavy atom. The van der Waals surface area contributed by atoms with Crippen LogP contribution in [0.3, 0.4) is 0 Å². The molecule has 7 aromatic carbocycles. The number of fused-ring (bicyclic) bond motifs is 9. The number of Topliss-reactive ketones (excluding diaryl/α,β-unsaturated/α-hetero) is 1. The van der Waals surface area contributed by atoms with Crippen molar-refractivity contribution in [3.8, 4) is 11.1 Å². The number of nitrogens with zero attached hydrogens (tertiary/aromatic N) is 2. The number of nitrogens with two attached hydrogens (primary N) is 1. The van der Waals surface area contributed by atoms with E-state index in [1.807, 2.05) is 28.8 Å². The van der Waals surface area contributed by atoms with Gasteiger partial charge in [0.05, 0.1) is 60.3 Å². The van der Waals surface area contributed by atoms with Gasteiger partial charge in [0.1, 0.15) is 37.9 Å². The lowest BCUT2D eigenvalue weighted by Crippen LogP contribution is -2.41. The maximum absolute atomic E-state index is 15.2. The fourth-order valence-electron chi connectivity index (χ4n) is 19.2. The van der Waals surface area contributed by atoms with Crippen molar-refractivity contribution < 1.29 is 50.8 Å². The normalized spacial score (nSPS) is 22.5. The topological polar surface area (TPSA) is 227 Å². The van der Waals surface area contributed by atoms with E-state index < -0.39 is 33.6 Å². The highest BCUT2D eigenvalue weighted by atomic mass is 79.9. The van der Waals surface area contributed by atoms with Crippen LogP contribution in [0.25, 0.3) is 53.4 Å². The number of carbonyl (C=O) groups is 1. The third-order valence-corrected chi connectivity index (χ3v) is 33.7. The molecule has 0 radical (unpaired) electrons. The summed E-state index contributed by atoms with van der Waals surface area (Å²) in [6.07, 6.45) is 20.8. The van der Waals surface area contributed by atoms with Gasteiger partial charge in [-0.3, -0.25) is 32.7 Å². The summed E-state index contributed by atoms with van der Waals surface area (Å²) >= 11 is 12.4. The molecule has 4 atom stereocenters. The first-order chi connectivity index (χ1) is 62.5. The Bertz CT molecular complexity index is 6370. The summed E-state index contributed by atoms with van der Waals surface area (Å²) in [5, 5.41) is 0.797. The van der Waals surface area contributed by atoms with Gasteiger partial charge in [-0.1, -0.05) is 119 Å². The van der Waals surface area contributed by atoms with Crippen molar-refractivity contribution in [3.05, 3.63) is 237 Å². The molecule has 8 heterocycles. The molecular weight excluding hydrogens is 1950 g/mol. The molecule has 134 heavy (non-hydrogen) atoms. The molecule has 30 heteroatoms. The largest absolute Gasteiger partial charge is 0.494 e. The number of hydrogen-bond donors (Lipinski definition) is 3. The lowest BCUT2D eigenvalue weighted by atomic mass is 9.64. The third kappa shape index (κ3) is 21.7. The number of aromatic nitrogens is 4. The van der Waals surface area contributed by atoms with E-state index in [4.69, 9.17) is 43.0 Å². The molecule has 18 nitrogen and oxygen atoms in total. The summed E-state index contributed by atoms with van der Waals surface area (Å²) in [4.78, 5) is 61.8. The van der Waals surface area contributed by atoms with Gasteiger partial charge in [0.2, 0.25) is 10.9 Å². The van der Waals surface area contributed by atoms with E-state index in [2.05, 4.69) is 259 Å². The lowest BCUT2D eigenvalue weighted by Gasteiger charge is -2.32. The van der Waals surface area contributed by atoms with Crippen molar-refractivity contribution in [3.63, 3.8) is 0 Å². The molecule has 11 aromatic rings. The highest BCUT2D eigenvalue weighted by Gasteiger charge is 2.58. The Labute approximate surface area is 827 Å². The molecule has 712 valence electrons. The molecular formula is C104H127B4Br3ClF2N5O13S2. The Hall–Kier alpha value is -6.50. The number of nitrogens with one attached hydrogen (secondary N) is 2. The van der Waals surface area contributed by atoms with E-state index in [0.717, 1.165) is 102 Å². The third-order valence-electron chi connectivity index (χ3n) is 30.3. The van der Waals surface area contributed by atoms with Crippen LogP contribution in [0.4, 0.5) is 8.78 Å². The van der Waals surface area contributed by atoms with Gasteiger partial charge in [0.25, 0.3) is 11.1 Å². The van der Waals surface area contributed by atoms with E-state index in [-0.39, 0.29) is 125 Å². The highest BCUT2D eigenvalue weighted by molar-refractivity contribution is 9.11. The fourth-order valence-corrected chi connectivity index (χ4v) is 22.2. The van der Waals surface area contributed by atoms with Crippen molar-refractivity contribution in [1.82, 2.24) is 17.9 Å². The van der Waals surface area contributed by atoms with E-state index in [1.54, 1.807) is 23.3 Å². The second-order valence-corrected chi connectivity index (χ2v) is 47.1. The predicted molar refractivity (Wildman–Crippen MR) is 555 cm³/mol. The lowest BCUT2D eigenvalue weighted by molar-refractivity contribution is -0.118. The Kier molecular flexibility index (Phi) is 30.1. The number of ketones is 1. The summed E-state index contributed by atoms with van der Waals surface area (Å²) in [5.74, 6) is 1.92. The van der Waals surface area contributed by atoms with E-state index >= 15 is 4.39 Å². The molecule has 0 amide bonds. The summed E-state index contributed by atoms with van der Waals surface area (Å²) in [7, 11) is -1.02. The highest BCUT2D eigenvalue weighted by Crippen LogP contribution is 2.47. The maximum Gasteiger partial charge on any atom is 0.494 e. The van der Waals surface area contributed by atoms with Gasteiger partial charge in [-0.05, 0) is 397 Å². The first-order valence-electron chi connectivity index (χ1n) is 47.6. The van der Waals surface area contributed by atoms with Crippen LogP contribution in [0.2, 0.25) is 6.22 Å². The van der Waals surface area contributed by atoms with Crippen molar-refractivity contribution in [1.29, 1.82) is 0 Å². The van der Waals surface area contributed by atoms with Gasteiger partial charge in [0, 0.05) is 62.5 Å². The Balaban J connectivity index is 0.000000121. The van der Waals surface area contributed by atoms with Crippen molar-refractivity contribution in [2.45, 2.75) is 323 Å². The Morgan fingerprint density at radius 3 is 1.19 bits per heavy atom. The van der Waals surface area contributed by atoms with E-state index in [0.29, 0.717) is 55.6 Å². The number of H-pyrrole nitrogens is 2. The van der Waals surface area contributed by atoms with E-state index in [1.165, 1.54) is 130 Å². The van der Waals surface area contributed by atoms with Gasteiger partial charge in [-0.15, -0.1) is 12.4 Å². The van der Waals surface area contributed by atoms with Crippen molar-refractivity contribution in [2.75, 3.05) is 0 Å². The second kappa shape index (κ2) is 39.5. The van der Waals surface area contributed by atoms with Crippen LogP contribution in [0, 0.1) is 29.4 Å². The summed E-state index contributed by atoms with van der Waals surface area (Å²) in [5.41, 5.74) is 21.3. The van der Waals surface area contributed by atoms with Gasteiger partial charge < -0.3 is 52.1 Å². The number of pyridine rings is 2. The smallest absolute Gasteiger partial charge is 0.404 e. The average molecular weight is 2080 g/mol. The summed E-state index contributed by atoms with van der Waals surface area (Å²) < 4.78 is 89.4. The first-order valence-corrected chi connectivity index (χ1v) is 51.6. The number of aryl methyl sites for hydroxylation is 5. The minimum Gasteiger partial charge on any atom is -0.404 e. The van der Waals surface area contributed by atoms with Crippen LogP contribution in [0.5, 0.6) is 0 Å². The SMILES string of the molecule is CC1(C)OB(CB2OC(C)(C)C(C)(C)O2)OC1(C)C.CC1CCc2cc(B3OC(C)(C)C(C)(C)O3)ccc2C1.CC1CCc2cc(B3OC(C)(C)C(C)(C)O3)ccc2C1.CC1CCc2cc(Br)ccc2C1.Cl.NC1CCc2cc(-c3cc4c(cc3F)c(=O)c3c(=O)[nH]sc3n4C3CC3)ccc2C1.O=C1CCc2cc(Br)ccc2C1.O=c1[nH]sc2c1c(=O)c1cc(F)c(Br)cc1n2C1CC1. The van der Waals surface area contributed by atoms with Gasteiger partial charge >= 0.3 is 28.5 Å². The minimum absolute atomic E-state index is 0. The van der Waals surface area contributed by atoms with Crippen LogP contribution >= 0.6 is 83.3 Å². The van der Waals surface area contributed by atoms with Crippen molar-refractivity contribution >= 4 is 171 Å². The molecule has 4 unspecified atom stereocenters. The van der Waals surface area contributed by atoms with Gasteiger partial charge in [0.15, 0.2) is 0 Å². The van der Waals surface area contributed by atoms with Crippen LogP contribution in [-0.2, 0) is 106 Å².